The topological polar surface area (TPSA) is 83.0 Å². The van der Waals surface area contributed by atoms with Crippen molar-refractivity contribution in [2.45, 2.75) is 27.4 Å². The van der Waals surface area contributed by atoms with Crippen LogP contribution in [0.1, 0.15) is 33.2 Å². The Balaban J connectivity index is 1.49. The maximum atomic E-state index is 13.5. The quantitative estimate of drug-likeness (QED) is 0.459. The molecule has 0 aliphatic heterocycles. The van der Waals surface area contributed by atoms with Crippen LogP contribution in [0.2, 0.25) is 0 Å². The number of carbonyl (C=O) groups excluding carboxylic acids is 1. The molecule has 0 saturated heterocycles. The zero-order chi connectivity index (χ0) is 21.3. The van der Waals surface area contributed by atoms with E-state index < -0.39 is 11.8 Å². The third-order valence-corrected chi connectivity index (χ3v) is 4.67. The number of rotatable bonds is 5. The van der Waals surface area contributed by atoms with Crippen LogP contribution in [0.4, 0.5) is 4.39 Å². The van der Waals surface area contributed by atoms with Crippen molar-refractivity contribution in [2.75, 3.05) is 0 Å². The maximum Gasteiger partial charge on any atom is 0.361 e. The van der Waals surface area contributed by atoms with E-state index in [0.717, 1.165) is 11.1 Å². The molecular formula is C22H19FN4O3. The van der Waals surface area contributed by atoms with E-state index in [1.165, 1.54) is 16.8 Å². The number of nitrogens with zero attached hydrogens (tertiary/aromatic N) is 4. The smallest absolute Gasteiger partial charge is 0.361 e. The van der Waals surface area contributed by atoms with Gasteiger partial charge in [-0.05, 0) is 51.1 Å². The number of carbonyl (C=O) groups is 1. The Hall–Kier alpha value is -3.81. The molecule has 0 N–H and O–H groups in total. The number of benzene rings is 2. The zero-order valence-electron chi connectivity index (χ0n) is 16.7. The molecule has 0 bridgehead atoms. The van der Waals surface area contributed by atoms with Crippen molar-refractivity contribution in [2.24, 2.45) is 0 Å². The molecule has 2 aromatic heterocycles. The number of esters is 1. The molecule has 2 aromatic carbocycles. The van der Waals surface area contributed by atoms with Crippen LogP contribution in [-0.2, 0) is 11.3 Å². The van der Waals surface area contributed by atoms with Gasteiger partial charge in [0.25, 0.3) is 0 Å². The summed E-state index contributed by atoms with van der Waals surface area (Å²) in [6.45, 7) is 5.37. The zero-order valence-corrected chi connectivity index (χ0v) is 16.7. The van der Waals surface area contributed by atoms with E-state index in [2.05, 4.69) is 15.3 Å². The Morgan fingerprint density at radius 1 is 1.13 bits per heavy atom. The van der Waals surface area contributed by atoms with Crippen LogP contribution in [0.15, 0.2) is 52.9 Å². The highest BCUT2D eigenvalue weighted by molar-refractivity contribution is 5.88. The summed E-state index contributed by atoms with van der Waals surface area (Å²) >= 11 is 0. The van der Waals surface area contributed by atoms with Crippen molar-refractivity contribution < 1.29 is 18.3 Å². The molecule has 7 nitrogen and oxygen atoms in total. The van der Waals surface area contributed by atoms with E-state index in [4.69, 9.17) is 9.15 Å². The minimum Gasteiger partial charge on any atom is -0.454 e. The van der Waals surface area contributed by atoms with E-state index in [1.807, 2.05) is 31.2 Å². The number of hydrogen-bond acceptors (Lipinski definition) is 6. The van der Waals surface area contributed by atoms with E-state index in [0.29, 0.717) is 28.7 Å². The second kappa shape index (κ2) is 7.90. The molecule has 0 aliphatic carbocycles. The van der Waals surface area contributed by atoms with Gasteiger partial charge < -0.3 is 9.15 Å². The lowest BCUT2D eigenvalue weighted by molar-refractivity contribution is 0.0459. The van der Waals surface area contributed by atoms with Gasteiger partial charge in [0.2, 0.25) is 5.89 Å². The average Bonchev–Trinajstić information content (AvgIpc) is 3.29. The predicted molar refractivity (Wildman–Crippen MR) is 107 cm³/mol. The summed E-state index contributed by atoms with van der Waals surface area (Å²) in [7, 11) is 0. The van der Waals surface area contributed by atoms with Crippen molar-refractivity contribution in [1.29, 1.82) is 0 Å². The Bertz CT molecular complexity index is 1210. The molecule has 0 fully saturated rings. The summed E-state index contributed by atoms with van der Waals surface area (Å²) in [5, 5.41) is 7.83. The van der Waals surface area contributed by atoms with E-state index in [1.54, 1.807) is 26.0 Å². The van der Waals surface area contributed by atoms with Gasteiger partial charge in [-0.25, -0.2) is 18.9 Å². The maximum absolute atomic E-state index is 13.5. The Morgan fingerprint density at radius 3 is 2.63 bits per heavy atom. The SMILES string of the molecule is Cc1ccc(-c2nc(COC(=O)c3nnn(-c4cccc(F)c4)c3C)c(C)o2)cc1. The molecule has 152 valence electrons. The van der Waals surface area contributed by atoms with Crippen LogP contribution >= 0.6 is 0 Å². The molecule has 4 rings (SSSR count). The first-order chi connectivity index (χ1) is 14.4. The van der Waals surface area contributed by atoms with Gasteiger partial charge in [0.15, 0.2) is 5.69 Å². The van der Waals surface area contributed by atoms with Crippen LogP contribution in [0.3, 0.4) is 0 Å². The third kappa shape index (κ3) is 3.84. The van der Waals surface area contributed by atoms with Crippen LogP contribution < -0.4 is 0 Å². The minimum atomic E-state index is -0.644. The minimum absolute atomic E-state index is 0.0548. The van der Waals surface area contributed by atoms with Crippen molar-refractivity contribution in [3.8, 4) is 17.1 Å². The number of aromatic nitrogens is 4. The molecule has 0 atom stereocenters. The lowest BCUT2D eigenvalue weighted by Gasteiger charge is -2.04. The molecule has 8 heteroatoms. The summed E-state index contributed by atoms with van der Waals surface area (Å²) in [5.41, 5.74) is 3.47. The number of aryl methyl sites for hydroxylation is 2. The molecular weight excluding hydrogens is 387 g/mol. The fourth-order valence-corrected chi connectivity index (χ4v) is 2.95. The number of ether oxygens (including phenoxy) is 1. The van der Waals surface area contributed by atoms with Crippen LogP contribution in [0, 0.1) is 26.6 Å². The molecule has 0 spiro atoms. The normalized spacial score (nSPS) is 10.9. The number of oxazole rings is 1. The van der Waals surface area contributed by atoms with Gasteiger partial charge in [0, 0.05) is 5.56 Å². The second-order valence-corrected chi connectivity index (χ2v) is 6.88. The Morgan fingerprint density at radius 2 is 1.90 bits per heavy atom. The first kappa shape index (κ1) is 19.5. The first-order valence-corrected chi connectivity index (χ1v) is 9.31. The number of hydrogen-bond donors (Lipinski definition) is 0. The summed E-state index contributed by atoms with van der Waals surface area (Å²) in [6, 6.07) is 13.7. The molecule has 30 heavy (non-hydrogen) atoms. The largest absolute Gasteiger partial charge is 0.454 e. The van der Waals surface area contributed by atoms with Crippen LogP contribution in [0.25, 0.3) is 17.1 Å². The van der Waals surface area contributed by atoms with E-state index in [-0.39, 0.29) is 12.3 Å². The van der Waals surface area contributed by atoms with Gasteiger partial charge in [-0.1, -0.05) is 29.0 Å². The van der Waals surface area contributed by atoms with Crippen molar-refractivity contribution in [3.05, 3.63) is 82.8 Å². The van der Waals surface area contributed by atoms with Crippen LogP contribution in [0.5, 0.6) is 0 Å². The van der Waals surface area contributed by atoms with Crippen molar-refractivity contribution >= 4 is 5.97 Å². The summed E-state index contributed by atoms with van der Waals surface area (Å²) in [6.07, 6.45) is 0. The van der Waals surface area contributed by atoms with E-state index >= 15 is 0 Å². The molecule has 2 heterocycles. The highest BCUT2D eigenvalue weighted by Crippen LogP contribution is 2.23. The first-order valence-electron chi connectivity index (χ1n) is 9.31. The standard InChI is InChI=1S/C22H19FN4O3/c1-13-7-9-16(10-8-13)21-24-19(15(3)30-21)12-29-22(28)20-14(2)27(26-25-20)18-6-4-5-17(23)11-18/h4-11H,12H2,1-3H3. The third-order valence-electron chi connectivity index (χ3n) is 4.67. The lowest BCUT2D eigenvalue weighted by atomic mass is 10.1. The van der Waals surface area contributed by atoms with Gasteiger partial charge in [0.1, 0.15) is 23.9 Å². The summed E-state index contributed by atoms with van der Waals surface area (Å²) < 4.78 is 25.9. The predicted octanol–water partition coefficient (Wildman–Crippen LogP) is 4.34. The fraction of sp³-hybridized carbons (Fsp3) is 0.182. The van der Waals surface area contributed by atoms with Gasteiger partial charge in [-0.3, -0.25) is 0 Å². The molecule has 0 saturated carbocycles. The second-order valence-electron chi connectivity index (χ2n) is 6.88. The molecule has 0 aliphatic rings. The summed E-state index contributed by atoms with van der Waals surface area (Å²) in [5.74, 6) is -0.0165. The summed E-state index contributed by atoms with van der Waals surface area (Å²) in [4.78, 5) is 16.9. The molecule has 0 unspecified atom stereocenters. The Kier molecular flexibility index (Phi) is 5.14. The monoisotopic (exact) mass is 406 g/mol. The fourth-order valence-electron chi connectivity index (χ4n) is 2.95. The number of halogens is 1. The molecule has 4 aromatic rings. The molecule has 0 radical (unpaired) electrons. The molecule has 0 amide bonds. The Labute approximate surface area is 172 Å². The highest BCUT2D eigenvalue weighted by Gasteiger charge is 2.20. The lowest BCUT2D eigenvalue weighted by Crippen LogP contribution is -2.09. The average molecular weight is 406 g/mol. The van der Waals surface area contributed by atoms with Crippen molar-refractivity contribution in [1.82, 2.24) is 20.0 Å². The van der Waals surface area contributed by atoms with E-state index in [9.17, 15) is 9.18 Å². The van der Waals surface area contributed by atoms with Gasteiger partial charge in [-0.2, -0.15) is 0 Å². The van der Waals surface area contributed by atoms with Gasteiger partial charge in [-0.15, -0.1) is 5.10 Å². The van der Waals surface area contributed by atoms with Gasteiger partial charge >= 0.3 is 5.97 Å². The van der Waals surface area contributed by atoms with Crippen LogP contribution in [-0.4, -0.2) is 25.9 Å². The van der Waals surface area contributed by atoms with Crippen molar-refractivity contribution in [3.63, 3.8) is 0 Å². The van der Waals surface area contributed by atoms with Gasteiger partial charge in [0.05, 0.1) is 11.4 Å². The highest BCUT2D eigenvalue weighted by atomic mass is 19.1.